The highest BCUT2D eigenvalue weighted by Crippen LogP contribution is 2.03. The largest absolute Gasteiger partial charge is 0.379 e. The average Bonchev–Trinajstić information content (AvgIpc) is 2.61. The van der Waals surface area contributed by atoms with Gasteiger partial charge in [0, 0.05) is 52.6 Å². The molecule has 138 valence electrons. The molecule has 1 fully saturated rings. The highest BCUT2D eigenvalue weighted by atomic mass is 19.1. The van der Waals surface area contributed by atoms with Gasteiger partial charge in [-0.1, -0.05) is 12.1 Å². The fourth-order valence-corrected chi connectivity index (χ4v) is 2.64. The van der Waals surface area contributed by atoms with E-state index in [1.165, 1.54) is 19.1 Å². The Bertz CT molecular complexity index is 559. The van der Waals surface area contributed by atoms with E-state index in [1.807, 2.05) is 0 Å². The van der Waals surface area contributed by atoms with Crippen molar-refractivity contribution in [3.05, 3.63) is 35.6 Å². The number of nitrogens with zero attached hydrogens (tertiary/aromatic N) is 2. The predicted octanol–water partition coefficient (Wildman–Crippen LogP) is 1.01. The number of carbonyl (C=O) groups excluding carboxylic acids is 2. The minimum absolute atomic E-state index is 0.0282. The number of benzene rings is 1. The second-order valence-electron chi connectivity index (χ2n) is 6.11. The summed E-state index contributed by atoms with van der Waals surface area (Å²) in [4.78, 5) is 27.7. The maximum atomic E-state index is 12.8. The Kier molecular flexibility index (Phi) is 7.81. The van der Waals surface area contributed by atoms with E-state index < -0.39 is 0 Å². The third-order valence-electron chi connectivity index (χ3n) is 4.25. The van der Waals surface area contributed by atoms with E-state index in [-0.39, 0.29) is 24.1 Å². The minimum atomic E-state index is -0.299. The van der Waals surface area contributed by atoms with Gasteiger partial charge in [-0.05, 0) is 17.7 Å². The number of ether oxygens (including phenoxy) is 1. The van der Waals surface area contributed by atoms with Crippen LogP contribution < -0.4 is 5.32 Å². The van der Waals surface area contributed by atoms with Gasteiger partial charge < -0.3 is 15.0 Å². The topological polar surface area (TPSA) is 61.9 Å². The molecule has 0 unspecified atom stereocenters. The third-order valence-corrected chi connectivity index (χ3v) is 4.25. The van der Waals surface area contributed by atoms with Crippen LogP contribution in [0, 0.1) is 5.82 Å². The van der Waals surface area contributed by atoms with Gasteiger partial charge in [0.15, 0.2) is 0 Å². The summed E-state index contributed by atoms with van der Waals surface area (Å²) < 4.78 is 18.1. The number of halogens is 1. The number of morpholine rings is 1. The van der Waals surface area contributed by atoms with Crippen molar-refractivity contribution < 1.29 is 18.7 Å². The van der Waals surface area contributed by atoms with Gasteiger partial charge in [-0.3, -0.25) is 14.5 Å². The lowest BCUT2D eigenvalue weighted by Gasteiger charge is -2.29. The van der Waals surface area contributed by atoms with Crippen molar-refractivity contribution >= 4 is 11.8 Å². The molecular weight excluding hydrogens is 325 g/mol. The van der Waals surface area contributed by atoms with Crippen LogP contribution in [0.25, 0.3) is 0 Å². The number of hydrogen-bond acceptors (Lipinski definition) is 4. The number of rotatable bonds is 8. The smallest absolute Gasteiger partial charge is 0.222 e. The second-order valence-corrected chi connectivity index (χ2v) is 6.11. The minimum Gasteiger partial charge on any atom is -0.379 e. The molecule has 1 heterocycles. The Labute approximate surface area is 147 Å². The summed E-state index contributed by atoms with van der Waals surface area (Å²) >= 11 is 0. The summed E-state index contributed by atoms with van der Waals surface area (Å²) in [6.07, 6.45) is 0.254. The summed E-state index contributed by atoms with van der Waals surface area (Å²) in [5, 5.41) is 2.79. The number of nitrogens with one attached hydrogen (secondary N) is 1. The van der Waals surface area contributed by atoms with Crippen LogP contribution in [0.1, 0.15) is 18.9 Å². The first-order valence-corrected chi connectivity index (χ1v) is 8.61. The average molecular weight is 351 g/mol. The summed E-state index contributed by atoms with van der Waals surface area (Å²) in [7, 11) is 0. The molecule has 25 heavy (non-hydrogen) atoms. The first-order chi connectivity index (χ1) is 12.0. The molecule has 2 rings (SSSR count). The molecule has 1 aliphatic rings. The first kappa shape index (κ1) is 19.3. The lowest BCUT2D eigenvalue weighted by molar-refractivity contribution is -0.130. The molecule has 0 bridgehead atoms. The molecule has 1 saturated heterocycles. The summed E-state index contributed by atoms with van der Waals surface area (Å²) in [6, 6.07) is 6.01. The zero-order valence-corrected chi connectivity index (χ0v) is 14.7. The van der Waals surface area contributed by atoms with E-state index in [9.17, 15) is 14.0 Å². The van der Waals surface area contributed by atoms with Crippen LogP contribution in [0.15, 0.2) is 24.3 Å². The van der Waals surface area contributed by atoms with Crippen molar-refractivity contribution in [2.24, 2.45) is 0 Å². The van der Waals surface area contributed by atoms with Crippen LogP contribution in [0.5, 0.6) is 0 Å². The quantitative estimate of drug-likeness (QED) is 0.759. The van der Waals surface area contributed by atoms with E-state index >= 15 is 0 Å². The molecule has 0 aromatic heterocycles. The molecule has 6 nitrogen and oxygen atoms in total. The number of hydrogen-bond donors (Lipinski definition) is 1. The predicted molar refractivity (Wildman–Crippen MR) is 92.4 cm³/mol. The molecule has 0 radical (unpaired) electrons. The van der Waals surface area contributed by atoms with Gasteiger partial charge in [0.25, 0.3) is 0 Å². The van der Waals surface area contributed by atoms with E-state index in [0.29, 0.717) is 19.6 Å². The van der Waals surface area contributed by atoms with Gasteiger partial charge in [0.2, 0.25) is 11.8 Å². The fourth-order valence-electron chi connectivity index (χ4n) is 2.64. The molecule has 1 aromatic rings. The molecule has 0 spiro atoms. The summed E-state index contributed by atoms with van der Waals surface area (Å²) in [5.41, 5.74) is 0.838. The van der Waals surface area contributed by atoms with Crippen molar-refractivity contribution in [2.75, 3.05) is 45.9 Å². The Morgan fingerprint density at radius 2 is 1.88 bits per heavy atom. The molecular formula is C18H26FN3O3. The number of carbonyl (C=O) groups is 2. The van der Waals surface area contributed by atoms with Gasteiger partial charge in [-0.15, -0.1) is 0 Å². The summed E-state index contributed by atoms with van der Waals surface area (Å²) in [6.45, 7) is 6.89. The first-order valence-electron chi connectivity index (χ1n) is 8.61. The van der Waals surface area contributed by atoms with Gasteiger partial charge in [-0.25, -0.2) is 4.39 Å². The van der Waals surface area contributed by atoms with Gasteiger partial charge >= 0.3 is 0 Å². The van der Waals surface area contributed by atoms with Crippen LogP contribution in [0.2, 0.25) is 0 Å². The fraction of sp³-hybridized carbons (Fsp3) is 0.556. The Balaban J connectivity index is 1.69. The zero-order valence-electron chi connectivity index (χ0n) is 14.7. The zero-order chi connectivity index (χ0) is 18.1. The van der Waals surface area contributed by atoms with Crippen molar-refractivity contribution in [1.29, 1.82) is 0 Å². The molecule has 7 heteroatoms. The van der Waals surface area contributed by atoms with Gasteiger partial charge in [0.05, 0.1) is 13.2 Å². The Morgan fingerprint density at radius 1 is 1.20 bits per heavy atom. The van der Waals surface area contributed by atoms with Gasteiger partial charge in [-0.2, -0.15) is 0 Å². The van der Waals surface area contributed by atoms with Crippen molar-refractivity contribution in [1.82, 2.24) is 15.1 Å². The van der Waals surface area contributed by atoms with Crippen LogP contribution in [-0.2, 0) is 20.9 Å². The highest BCUT2D eigenvalue weighted by Gasteiger charge is 2.15. The van der Waals surface area contributed by atoms with Crippen molar-refractivity contribution in [3.8, 4) is 0 Å². The number of amides is 2. The maximum absolute atomic E-state index is 12.8. The van der Waals surface area contributed by atoms with Crippen LogP contribution >= 0.6 is 0 Å². The molecule has 0 aliphatic carbocycles. The molecule has 0 saturated carbocycles. The normalized spacial score (nSPS) is 15.0. The van der Waals surface area contributed by atoms with E-state index in [4.69, 9.17) is 4.74 Å². The second kappa shape index (κ2) is 10.1. The summed E-state index contributed by atoms with van der Waals surface area (Å²) in [5.74, 6) is -0.450. The van der Waals surface area contributed by atoms with E-state index in [2.05, 4.69) is 10.2 Å². The van der Waals surface area contributed by atoms with E-state index in [1.54, 1.807) is 17.0 Å². The van der Waals surface area contributed by atoms with Crippen LogP contribution in [0.3, 0.4) is 0 Å². The monoisotopic (exact) mass is 351 g/mol. The van der Waals surface area contributed by atoms with Gasteiger partial charge in [0.1, 0.15) is 5.82 Å². The lowest BCUT2D eigenvalue weighted by Crippen LogP contribution is -2.43. The third kappa shape index (κ3) is 7.19. The highest BCUT2D eigenvalue weighted by molar-refractivity contribution is 5.78. The maximum Gasteiger partial charge on any atom is 0.222 e. The lowest BCUT2D eigenvalue weighted by atomic mass is 10.2. The molecule has 1 N–H and O–H groups in total. The Morgan fingerprint density at radius 3 is 2.52 bits per heavy atom. The molecule has 0 atom stereocenters. The van der Waals surface area contributed by atoms with Crippen LogP contribution in [-0.4, -0.2) is 67.6 Å². The Hall–Kier alpha value is -1.99. The van der Waals surface area contributed by atoms with Crippen molar-refractivity contribution in [3.63, 3.8) is 0 Å². The standard InChI is InChI=1S/C18H26FN3O3/c1-15(23)22(9-8-21-10-12-25-13-11-21)7-6-18(24)20-14-16-2-4-17(19)5-3-16/h2-5H,6-14H2,1H3,(H,20,24). The van der Waals surface area contributed by atoms with Crippen LogP contribution in [0.4, 0.5) is 4.39 Å². The molecule has 1 aromatic carbocycles. The van der Waals surface area contributed by atoms with E-state index in [0.717, 1.165) is 38.4 Å². The molecule has 1 aliphatic heterocycles. The SMILES string of the molecule is CC(=O)N(CCC(=O)NCc1ccc(F)cc1)CCN1CCOCC1. The molecule has 2 amide bonds. The van der Waals surface area contributed by atoms with Crippen molar-refractivity contribution in [2.45, 2.75) is 19.9 Å².